The van der Waals surface area contributed by atoms with E-state index in [-0.39, 0.29) is 6.61 Å². The summed E-state index contributed by atoms with van der Waals surface area (Å²) in [6.45, 7) is 4.20. The Morgan fingerprint density at radius 3 is 3.11 bits per heavy atom. The second kappa shape index (κ2) is 6.27. The Hall–Kier alpha value is -1.73. The van der Waals surface area contributed by atoms with Crippen molar-refractivity contribution >= 4 is 0 Å². The van der Waals surface area contributed by atoms with Crippen LogP contribution in [0.3, 0.4) is 0 Å². The first-order valence-corrected chi connectivity index (χ1v) is 5.97. The van der Waals surface area contributed by atoms with Crippen LogP contribution in [0.25, 0.3) is 0 Å². The summed E-state index contributed by atoms with van der Waals surface area (Å²) in [5, 5.41) is 20.1. The zero-order valence-electron chi connectivity index (χ0n) is 10.4. The molecule has 2 heterocycles. The molecule has 0 aliphatic rings. The summed E-state index contributed by atoms with van der Waals surface area (Å²) in [7, 11) is 0. The lowest BCUT2D eigenvalue weighted by Crippen LogP contribution is -2.29. The number of nitrogens with zero attached hydrogens (tertiary/aromatic N) is 5. The quantitative estimate of drug-likeness (QED) is 0.701. The maximum absolute atomic E-state index is 8.78. The number of hydrogen-bond donors (Lipinski definition) is 2. The molecule has 0 saturated heterocycles. The summed E-state index contributed by atoms with van der Waals surface area (Å²) in [5.41, 5.74) is 0.876. The van der Waals surface area contributed by atoms with Gasteiger partial charge in [0.25, 0.3) is 0 Å². The van der Waals surface area contributed by atoms with Crippen molar-refractivity contribution in [2.45, 2.75) is 32.6 Å². The molecule has 0 amide bonds. The van der Waals surface area contributed by atoms with Crippen molar-refractivity contribution in [1.82, 2.24) is 29.9 Å². The van der Waals surface area contributed by atoms with Crippen molar-refractivity contribution in [3.05, 3.63) is 30.6 Å². The van der Waals surface area contributed by atoms with E-state index in [1.54, 1.807) is 17.2 Å². The number of aromatic nitrogens is 5. The van der Waals surface area contributed by atoms with Gasteiger partial charge in [0, 0.05) is 37.7 Å². The Morgan fingerprint density at radius 2 is 2.39 bits per heavy atom. The van der Waals surface area contributed by atoms with Gasteiger partial charge in [0.15, 0.2) is 0 Å². The molecular formula is C11H18N6O. The van der Waals surface area contributed by atoms with E-state index in [1.807, 2.05) is 17.0 Å². The Kier molecular flexibility index (Phi) is 4.43. The zero-order valence-corrected chi connectivity index (χ0v) is 10.4. The van der Waals surface area contributed by atoms with Crippen LogP contribution in [0.1, 0.15) is 12.6 Å². The van der Waals surface area contributed by atoms with Crippen LogP contribution in [0.4, 0.5) is 0 Å². The van der Waals surface area contributed by atoms with Crippen molar-refractivity contribution in [2.75, 3.05) is 6.61 Å². The van der Waals surface area contributed by atoms with E-state index < -0.39 is 0 Å². The summed E-state index contributed by atoms with van der Waals surface area (Å²) in [6, 6.07) is 0.321. The van der Waals surface area contributed by atoms with E-state index in [2.05, 4.69) is 27.5 Å². The Labute approximate surface area is 105 Å². The number of aliphatic hydroxyl groups is 1. The fourth-order valence-electron chi connectivity index (χ4n) is 1.69. The molecule has 0 fully saturated rings. The van der Waals surface area contributed by atoms with Crippen LogP contribution < -0.4 is 5.32 Å². The molecule has 0 bridgehead atoms. The molecule has 2 N–H and O–H groups in total. The highest BCUT2D eigenvalue weighted by atomic mass is 16.3. The molecular weight excluding hydrogens is 232 g/mol. The molecule has 0 saturated carbocycles. The number of rotatable bonds is 7. The molecule has 0 radical (unpaired) electrons. The molecule has 18 heavy (non-hydrogen) atoms. The van der Waals surface area contributed by atoms with Crippen molar-refractivity contribution in [3.63, 3.8) is 0 Å². The molecule has 98 valence electrons. The van der Waals surface area contributed by atoms with Crippen molar-refractivity contribution in [3.8, 4) is 0 Å². The number of imidazole rings is 1. The maximum Gasteiger partial charge on any atom is 0.0964 e. The number of nitrogens with one attached hydrogen (secondary N) is 1. The highest BCUT2D eigenvalue weighted by molar-refractivity contribution is 4.92. The van der Waals surface area contributed by atoms with Gasteiger partial charge in [-0.1, -0.05) is 5.21 Å². The van der Waals surface area contributed by atoms with Crippen LogP contribution in [0.2, 0.25) is 0 Å². The number of aliphatic hydroxyl groups excluding tert-OH is 1. The van der Waals surface area contributed by atoms with Crippen LogP contribution in [0.15, 0.2) is 24.9 Å². The van der Waals surface area contributed by atoms with Crippen molar-refractivity contribution < 1.29 is 5.11 Å². The highest BCUT2D eigenvalue weighted by Crippen LogP contribution is 1.96. The van der Waals surface area contributed by atoms with Gasteiger partial charge < -0.3 is 15.0 Å². The van der Waals surface area contributed by atoms with Crippen LogP contribution >= 0.6 is 0 Å². The Morgan fingerprint density at radius 1 is 1.50 bits per heavy atom. The third-order valence-electron chi connectivity index (χ3n) is 2.59. The first kappa shape index (κ1) is 12.7. The van der Waals surface area contributed by atoms with Gasteiger partial charge in [-0.2, -0.15) is 0 Å². The van der Waals surface area contributed by atoms with E-state index in [4.69, 9.17) is 5.11 Å². The summed E-state index contributed by atoms with van der Waals surface area (Å²) in [4.78, 5) is 4.00. The van der Waals surface area contributed by atoms with Crippen LogP contribution in [0, 0.1) is 0 Å². The average molecular weight is 250 g/mol. The van der Waals surface area contributed by atoms with E-state index in [0.717, 1.165) is 12.2 Å². The summed E-state index contributed by atoms with van der Waals surface area (Å²) < 4.78 is 3.66. The molecule has 2 aromatic heterocycles. The van der Waals surface area contributed by atoms with Gasteiger partial charge >= 0.3 is 0 Å². The van der Waals surface area contributed by atoms with Crippen LogP contribution in [-0.2, 0) is 19.6 Å². The lowest BCUT2D eigenvalue weighted by Gasteiger charge is -2.12. The van der Waals surface area contributed by atoms with Gasteiger partial charge in [0.1, 0.15) is 0 Å². The normalized spacial score (nSPS) is 12.8. The molecule has 7 heteroatoms. The molecule has 0 aliphatic heterocycles. The van der Waals surface area contributed by atoms with E-state index in [1.165, 1.54) is 0 Å². The minimum absolute atomic E-state index is 0.0766. The summed E-state index contributed by atoms with van der Waals surface area (Å²) in [6.07, 6.45) is 7.35. The van der Waals surface area contributed by atoms with Crippen LogP contribution in [-0.4, -0.2) is 42.3 Å². The standard InChI is InChI=1S/C11H18N6O/c1-10(7-16-3-2-12-9-16)13-6-11-8-17(4-5-18)15-14-11/h2-3,8-10,13,18H,4-7H2,1H3. The summed E-state index contributed by atoms with van der Waals surface area (Å²) in [5.74, 6) is 0. The van der Waals surface area contributed by atoms with Gasteiger partial charge in [-0.3, -0.25) is 0 Å². The third-order valence-corrected chi connectivity index (χ3v) is 2.59. The fourth-order valence-corrected chi connectivity index (χ4v) is 1.69. The predicted molar refractivity (Wildman–Crippen MR) is 65.6 cm³/mol. The lowest BCUT2D eigenvalue weighted by molar-refractivity contribution is 0.268. The Bertz CT molecular complexity index is 452. The predicted octanol–water partition coefficient (Wildman–Crippen LogP) is -0.355. The van der Waals surface area contributed by atoms with Gasteiger partial charge in [-0.05, 0) is 6.92 Å². The largest absolute Gasteiger partial charge is 0.394 e. The average Bonchev–Trinajstić information content (AvgIpc) is 2.99. The third kappa shape index (κ3) is 3.64. The second-order valence-corrected chi connectivity index (χ2v) is 4.24. The van der Waals surface area contributed by atoms with Crippen LogP contribution in [0.5, 0.6) is 0 Å². The molecule has 0 aliphatic carbocycles. The lowest BCUT2D eigenvalue weighted by atomic mass is 10.3. The minimum Gasteiger partial charge on any atom is -0.394 e. The fraction of sp³-hybridized carbons (Fsp3) is 0.545. The minimum atomic E-state index is 0.0766. The van der Waals surface area contributed by atoms with Gasteiger partial charge in [-0.15, -0.1) is 5.10 Å². The van der Waals surface area contributed by atoms with E-state index in [0.29, 0.717) is 19.1 Å². The molecule has 0 aromatic carbocycles. The first-order valence-electron chi connectivity index (χ1n) is 5.97. The maximum atomic E-state index is 8.78. The summed E-state index contributed by atoms with van der Waals surface area (Å²) >= 11 is 0. The first-order chi connectivity index (χ1) is 8.78. The molecule has 0 spiro atoms. The van der Waals surface area contributed by atoms with E-state index >= 15 is 0 Å². The zero-order chi connectivity index (χ0) is 12.8. The van der Waals surface area contributed by atoms with Gasteiger partial charge in [0.2, 0.25) is 0 Å². The van der Waals surface area contributed by atoms with Gasteiger partial charge in [0.05, 0.1) is 25.2 Å². The molecule has 2 aromatic rings. The molecule has 1 atom stereocenters. The Balaban J connectivity index is 1.76. The van der Waals surface area contributed by atoms with Crippen molar-refractivity contribution in [1.29, 1.82) is 0 Å². The van der Waals surface area contributed by atoms with Crippen molar-refractivity contribution in [2.24, 2.45) is 0 Å². The van der Waals surface area contributed by atoms with Gasteiger partial charge in [-0.25, -0.2) is 9.67 Å². The SMILES string of the molecule is CC(Cn1ccnc1)NCc1cn(CCO)nn1. The monoisotopic (exact) mass is 250 g/mol. The highest BCUT2D eigenvalue weighted by Gasteiger charge is 2.05. The second-order valence-electron chi connectivity index (χ2n) is 4.24. The topological polar surface area (TPSA) is 80.8 Å². The molecule has 7 nitrogen and oxygen atoms in total. The molecule has 1 unspecified atom stereocenters. The van der Waals surface area contributed by atoms with E-state index in [9.17, 15) is 0 Å². The molecule has 2 rings (SSSR count). The number of hydrogen-bond acceptors (Lipinski definition) is 5. The smallest absolute Gasteiger partial charge is 0.0964 e.